The third kappa shape index (κ3) is 12.5. The van der Waals surface area contributed by atoms with Gasteiger partial charge in [-0.1, -0.05) is 63.6 Å². The van der Waals surface area contributed by atoms with Crippen molar-refractivity contribution >= 4 is 35.5 Å². The van der Waals surface area contributed by atoms with Crippen LogP contribution in [0.2, 0.25) is 0 Å². The standard InChI is InChI=1S/C34H46N6O7/c1-4-5-15-36-33(45)29(41)26(19-24-14-17-37-30(24)42)38-31(43)27(18-22(2)3)39-32(44)28(20-25-13-9-10-16-35-25)40-34(46)47-21-23-11-7-6-8-12-23/h6-13,16,22,24,26-28H,4-5,14-15,17-21H2,1-3H3,(H,36,45)(H,37,42)(H,38,43)(H,39,44)(H,40,46)/t24-,26-,27-,28?/m0/s1. The van der Waals surface area contributed by atoms with E-state index in [0.29, 0.717) is 31.6 Å². The molecule has 0 saturated carbocycles. The average Bonchev–Trinajstić information content (AvgIpc) is 3.46. The molecule has 0 aliphatic carbocycles. The lowest BCUT2D eigenvalue weighted by Crippen LogP contribution is -2.57. The Morgan fingerprint density at radius 1 is 0.936 bits per heavy atom. The van der Waals surface area contributed by atoms with Crippen LogP contribution in [0.3, 0.4) is 0 Å². The summed E-state index contributed by atoms with van der Waals surface area (Å²) >= 11 is 0. The van der Waals surface area contributed by atoms with Crippen molar-refractivity contribution in [2.45, 2.75) is 84.0 Å². The Morgan fingerprint density at radius 2 is 1.64 bits per heavy atom. The number of hydrogen-bond acceptors (Lipinski definition) is 8. The zero-order chi connectivity index (χ0) is 34.2. The summed E-state index contributed by atoms with van der Waals surface area (Å²) in [6.45, 7) is 6.40. The van der Waals surface area contributed by atoms with E-state index in [-0.39, 0.29) is 37.7 Å². The molecule has 1 saturated heterocycles. The molecule has 4 atom stereocenters. The van der Waals surface area contributed by atoms with Gasteiger partial charge in [-0.2, -0.15) is 0 Å². The topological polar surface area (TPSA) is 185 Å². The Bertz CT molecular complexity index is 1360. The maximum Gasteiger partial charge on any atom is 0.408 e. The maximum absolute atomic E-state index is 13.7. The average molecular weight is 651 g/mol. The number of Topliss-reactive ketones (excluding diaryl/α,β-unsaturated/α-hetero) is 1. The highest BCUT2D eigenvalue weighted by Gasteiger charge is 2.36. The van der Waals surface area contributed by atoms with Gasteiger partial charge < -0.3 is 31.3 Å². The number of aromatic nitrogens is 1. The number of hydrogen-bond donors (Lipinski definition) is 5. The Balaban J connectivity index is 1.76. The van der Waals surface area contributed by atoms with Gasteiger partial charge in [-0.05, 0) is 49.3 Å². The number of ether oxygens (including phenoxy) is 1. The number of carbonyl (C=O) groups excluding carboxylic acids is 6. The van der Waals surface area contributed by atoms with Crippen molar-refractivity contribution in [2.75, 3.05) is 13.1 Å². The molecule has 1 aliphatic rings. The first-order valence-corrected chi connectivity index (χ1v) is 16.1. The van der Waals surface area contributed by atoms with Crippen molar-refractivity contribution < 1.29 is 33.5 Å². The number of amides is 5. The normalized spacial score (nSPS) is 15.9. The highest BCUT2D eigenvalue weighted by atomic mass is 16.5. The number of nitrogens with zero attached hydrogens (tertiary/aromatic N) is 1. The number of carbonyl (C=O) groups is 6. The third-order valence-corrected chi connectivity index (χ3v) is 7.66. The molecule has 1 fully saturated rings. The molecule has 2 heterocycles. The monoisotopic (exact) mass is 650 g/mol. The number of ketones is 1. The highest BCUT2D eigenvalue weighted by molar-refractivity contribution is 6.38. The van der Waals surface area contributed by atoms with Crippen LogP contribution >= 0.6 is 0 Å². The van der Waals surface area contributed by atoms with Crippen molar-refractivity contribution in [1.29, 1.82) is 0 Å². The van der Waals surface area contributed by atoms with Gasteiger partial charge in [0.1, 0.15) is 18.7 Å². The van der Waals surface area contributed by atoms with E-state index in [4.69, 9.17) is 4.74 Å². The van der Waals surface area contributed by atoms with E-state index in [2.05, 4.69) is 31.6 Å². The van der Waals surface area contributed by atoms with Crippen molar-refractivity contribution in [3.8, 4) is 0 Å². The third-order valence-electron chi connectivity index (χ3n) is 7.66. The van der Waals surface area contributed by atoms with E-state index in [1.54, 1.807) is 36.5 Å². The lowest BCUT2D eigenvalue weighted by atomic mass is 9.94. The van der Waals surface area contributed by atoms with E-state index in [1.165, 1.54) is 0 Å². The van der Waals surface area contributed by atoms with Gasteiger partial charge in [0.15, 0.2) is 0 Å². The van der Waals surface area contributed by atoms with Crippen molar-refractivity contribution in [3.63, 3.8) is 0 Å². The van der Waals surface area contributed by atoms with Crippen molar-refractivity contribution in [1.82, 2.24) is 31.6 Å². The summed E-state index contributed by atoms with van der Waals surface area (Å²) < 4.78 is 5.33. The predicted molar refractivity (Wildman–Crippen MR) is 173 cm³/mol. The molecule has 5 N–H and O–H groups in total. The number of pyridine rings is 1. The number of unbranched alkanes of at least 4 members (excludes halogenated alkanes) is 1. The first kappa shape index (κ1) is 36.7. The summed E-state index contributed by atoms with van der Waals surface area (Å²) in [5.41, 5.74) is 1.29. The second kappa shape index (κ2) is 19.0. The zero-order valence-electron chi connectivity index (χ0n) is 27.3. The Hall–Kier alpha value is -4.81. The van der Waals surface area contributed by atoms with Gasteiger partial charge >= 0.3 is 6.09 Å². The fourth-order valence-electron chi connectivity index (χ4n) is 5.10. The first-order valence-electron chi connectivity index (χ1n) is 16.1. The molecule has 0 spiro atoms. The van der Waals surface area contributed by atoms with Gasteiger partial charge in [-0.3, -0.25) is 29.0 Å². The quantitative estimate of drug-likeness (QED) is 0.120. The number of nitrogens with one attached hydrogen (secondary N) is 5. The van der Waals surface area contributed by atoms with E-state index in [1.807, 2.05) is 39.0 Å². The molecule has 3 rings (SSSR count). The zero-order valence-corrected chi connectivity index (χ0v) is 27.3. The summed E-state index contributed by atoms with van der Waals surface area (Å²) in [6.07, 6.45) is 2.84. The van der Waals surface area contributed by atoms with Crippen molar-refractivity contribution in [3.05, 3.63) is 66.0 Å². The van der Waals surface area contributed by atoms with Crippen LogP contribution in [0.1, 0.15) is 64.1 Å². The van der Waals surface area contributed by atoms with Crippen LogP contribution in [0.15, 0.2) is 54.7 Å². The summed E-state index contributed by atoms with van der Waals surface area (Å²) in [4.78, 5) is 82.6. The van der Waals surface area contributed by atoms with Gasteiger partial charge in [0.25, 0.3) is 5.91 Å². The second-order valence-electron chi connectivity index (χ2n) is 12.0. The molecule has 0 radical (unpaired) electrons. The molecular formula is C34H46N6O7. The first-order chi connectivity index (χ1) is 22.6. The number of rotatable bonds is 18. The van der Waals surface area contributed by atoms with E-state index >= 15 is 0 Å². The summed E-state index contributed by atoms with van der Waals surface area (Å²) in [5, 5.41) is 13.2. The molecule has 1 aromatic heterocycles. The number of benzene rings is 1. The molecule has 1 unspecified atom stereocenters. The Kier molecular flexibility index (Phi) is 14.8. The minimum atomic E-state index is -1.28. The van der Waals surface area contributed by atoms with E-state index in [0.717, 1.165) is 12.0 Å². The van der Waals surface area contributed by atoms with Crippen LogP contribution in [-0.2, 0) is 41.7 Å². The summed E-state index contributed by atoms with van der Waals surface area (Å²) in [7, 11) is 0. The summed E-state index contributed by atoms with van der Waals surface area (Å²) in [5.74, 6) is -3.93. The van der Waals surface area contributed by atoms with E-state index < -0.39 is 53.6 Å². The van der Waals surface area contributed by atoms with Crippen molar-refractivity contribution in [2.24, 2.45) is 11.8 Å². The smallest absolute Gasteiger partial charge is 0.408 e. The molecule has 254 valence electrons. The second-order valence-corrected chi connectivity index (χ2v) is 12.0. The minimum absolute atomic E-state index is 0.0105. The van der Waals surface area contributed by atoms with Crippen LogP contribution in [0, 0.1) is 11.8 Å². The molecule has 2 aromatic rings. The lowest BCUT2D eigenvalue weighted by molar-refractivity contribution is -0.141. The minimum Gasteiger partial charge on any atom is -0.445 e. The molecule has 0 bridgehead atoms. The molecule has 13 nitrogen and oxygen atoms in total. The molecular weight excluding hydrogens is 604 g/mol. The Morgan fingerprint density at radius 3 is 2.28 bits per heavy atom. The van der Waals surface area contributed by atoms with Crippen LogP contribution < -0.4 is 26.6 Å². The molecule has 5 amide bonds. The summed E-state index contributed by atoms with van der Waals surface area (Å²) in [6, 6.07) is 10.7. The van der Waals surface area contributed by atoms with Gasteiger partial charge in [0.05, 0.1) is 6.04 Å². The van der Waals surface area contributed by atoms with Gasteiger partial charge in [-0.25, -0.2) is 4.79 Å². The lowest BCUT2D eigenvalue weighted by Gasteiger charge is -2.26. The fraction of sp³-hybridized carbons (Fsp3) is 0.500. The molecule has 1 aromatic carbocycles. The highest BCUT2D eigenvalue weighted by Crippen LogP contribution is 2.18. The SMILES string of the molecule is CCCCNC(=O)C(=O)[C@H](C[C@@H]1CCNC1=O)NC(=O)[C@H](CC(C)C)NC(=O)C(Cc1ccccn1)NC(=O)OCc1ccccc1. The molecule has 47 heavy (non-hydrogen) atoms. The van der Waals surface area contributed by atoms with Gasteiger partial charge in [0, 0.05) is 37.3 Å². The largest absolute Gasteiger partial charge is 0.445 e. The predicted octanol–water partition coefficient (Wildman–Crippen LogP) is 1.95. The van der Waals surface area contributed by atoms with E-state index in [9.17, 15) is 28.8 Å². The van der Waals surface area contributed by atoms with Crippen LogP contribution in [0.25, 0.3) is 0 Å². The molecule has 13 heteroatoms. The van der Waals surface area contributed by atoms with Gasteiger partial charge in [-0.15, -0.1) is 0 Å². The Labute approximate surface area is 275 Å². The van der Waals surface area contributed by atoms with Crippen LogP contribution in [0.5, 0.6) is 0 Å². The fourth-order valence-corrected chi connectivity index (χ4v) is 5.10. The number of alkyl carbamates (subject to hydrolysis) is 1. The maximum atomic E-state index is 13.7. The molecule has 1 aliphatic heterocycles. The van der Waals surface area contributed by atoms with Crippen LogP contribution in [-0.4, -0.2) is 71.7 Å². The van der Waals surface area contributed by atoms with Gasteiger partial charge in [0.2, 0.25) is 23.5 Å². The van der Waals surface area contributed by atoms with Crippen LogP contribution in [0.4, 0.5) is 4.79 Å².